The molecule has 0 radical (unpaired) electrons. The number of aromatic nitrogens is 2. The first-order valence-corrected chi connectivity index (χ1v) is 10.2. The van der Waals surface area contributed by atoms with Gasteiger partial charge in [-0.15, -0.1) is 0 Å². The summed E-state index contributed by atoms with van der Waals surface area (Å²) in [6.45, 7) is 6.53. The molecule has 136 valence electrons. The normalized spacial score (nSPS) is 22.2. The van der Waals surface area contributed by atoms with Crippen LogP contribution in [0.25, 0.3) is 0 Å². The monoisotopic (exact) mass is 361 g/mol. The molecule has 4 rings (SSSR count). The molecule has 0 bridgehead atoms. The Labute approximate surface area is 153 Å². The molecule has 1 fully saturated rings. The molecule has 0 amide bonds. The molecular weight excluding hydrogens is 334 g/mol. The number of rotatable bonds is 7. The van der Waals surface area contributed by atoms with Gasteiger partial charge in [0.25, 0.3) is 0 Å². The Morgan fingerprint density at radius 2 is 2.20 bits per heavy atom. The Kier molecular flexibility index (Phi) is 5.82. The van der Waals surface area contributed by atoms with Crippen LogP contribution in [0.15, 0.2) is 29.1 Å². The molecule has 0 N–H and O–H groups in total. The third-order valence-corrected chi connectivity index (χ3v) is 5.96. The molecule has 1 unspecified atom stereocenters. The van der Waals surface area contributed by atoms with Crippen LogP contribution in [0, 0.1) is 5.92 Å². The van der Waals surface area contributed by atoms with E-state index in [0.29, 0.717) is 12.0 Å². The van der Waals surface area contributed by atoms with E-state index in [4.69, 9.17) is 9.47 Å². The predicted octanol–water partition coefficient (Wildman–Crippen LogP) is 3.33. The molecule has 1 saturated heterocycles. The van der Waals surface area contributed by atoms with E-state index in [1.54, 1.807) is 11.3 Å². The van der Waals surface area contributed by atoms with Gasteiger partial charge in [-0.3, -0.25) is 9.58 Å². The molecule has 2 aliphatic rings. The fraction of sp³-hybridized carbons (Fsp3) is 0.632. The van der Waals surface area contributed by atoms with Crippen molar-refractivity contribution in [2.45, 2.75) is 38.4 Å². The summed E-state index contributed by atoms with van der Waals surface area (Å²) in [5.41, 5.74) is 2.73. The van der Waals surface area contributed by atoms with E-state index in [9.17, 15) is 0 Å². The summed E-state index contributed by atoms with van der Waals surface area (Å²) in [5.74, 6) is 0.676. The lowest BCUT2D eigenvalue weighted by atomic mass is 10.0. The fourth-order valence-corrected chi connectivity index (χ4v) is 4.48. The summed E-state index contributed by atoms with van der Waals surface area (Å²) in [5, 5.41) is 8.96. The van der Waals surface area contributed by atoms with Gasteiger partial charge in [-0.25, -0.2) is 0 Å². The lowest BCUT2D eigenvalue weighted by molar-refractivity contribution is 0.0155. The molecular formula is C19H27N3O2S. The van der Waals surface area contributed by atoms with E-state index in [2.05, 4.69) is 37.6 Å². The van der Waals surface area contributed by atoms with Gasteiger partial charge in [-0.05, 0) is 53.6 Å². The average Bonchev–Trinajstić information content (AvgIpc) is 3.31. The van der Waals surface area contributed by atoms with E-state index in [-0.39, 0.29) is 0 Å². The molecule has 4 heterocycles. The number of fused-ring (bicyclic) bond motifs is 1. The summed E-state index contributed by atoms with van der Waals surface area (Å²) >= 11 is 1.77. The number of hydrogen-bond donors (Lipinski definition) is 0. The number of hydrogen-bond acceptors (Lipinski definition) is 5. The number of ether oxygens (including phenoxy) is 2. The molecule has 0 aromatic carbocycles. The molecule has 0 saturated carbocycles. The fourth-order valence-electron chi connectivity index (χ4n) is 3.82. The maximum Gasteiger partial charge on any atom is 0.0672 e. The van der Waals surface area contributed by atoms with Gasteiger partial charge in [0.1, 0.15) is 0 Å². The van der Waals surface area contributed by atoms with Crippen molar-refractivity contribution < 1.29 is 9.47 Å². The molecule has 0 aliphatic carbocycles. The smallest absolute Gasteiger partial charge is 0.0672 e. The van der Waals surface area contributed by atoms with Gasteiger partial charge in [0.2, 0.25) is 0 Å². The standard InChI is InChI=1S/C19H27N3O2S/c1-6-20-22-18(1)12-21(11-17-5-10-25-15-17)13-19(22)4-9-24-14-16-2-7-23-8-3-16/h1,5-6,10,15-16,19H,2-4,7-9,11-14H2. The van der Waals surface area contributed by atoms with E-state index in [0.717, 1.165) is 65.3 Å². The van der Waals surface area contributed by atoms with E-state index in [1.807, 2.05) is 6.20 Å². The van der Waals surface area contributed by atoms with E-state index < -0.39 is 0 Å². The minimum absolute atomic E-state index is 0.409. The van der Waals surface area contributed by atoms with E-state index in [1.165, 1.54) is 11.3 Å². The van der Waals surface area contributed by atoms with Gasteiger partial charge in [0.15, 0.2) is 0 Å². The summed E-state index contributed by atoms with van der Waals surface area (Å²) in [7, 11) is 0. The second-order valence-electron chi connectivity index (χ2n) is 7.14. The van der Waals surface area contributed by atoms with Crippen LogP contribution in [0.2, 0.25) is 0 Å². The molecule has 2 aromatic heterocycles. The van der Waals surface area contributed by atoms with Crippen LogP contribution in [0.1, 0.15) is 36.6 Å². The van der Waals surface area contributed by atoms with Gasteiger partial charge in [0, 0.05) is 52.3 Å². The van der Waals surface area contributed by atoms with Crippen molar-refractivity contribution in [3.8, 4) is 0 Å². The van der Waals surface area contributed by atoms with Gasteiger partial charge >= 0.3 is 0 Å². The summed E-state index contributed by atoms with van der Waals surface area (Å²) < 4.78 is 13.6. The van der Waals surface area contributed by atoms with Crippen molar-refractivity contribution in [3.05, 3.63) is 40.3 Å². The van der Waals surface area contributed by atoms with Gasteiger partial charge in [-0.1, -0.05) is 0 Å². The summed E-state index contributed by atoms with van der Waals surface area (Å²) in [6, 6.07) is 4.78. The van der Waals surface area contributed by atoms with Crippen LogP contribution < -0.4 is 0 Å². The SMILES string of the molecule is c1cc2n(n1)C(CCOCC1CCOCC1)CN(Cc1ccsc1)C2. The van der Waals surface area contributed by atoms with Crippen molar-refractivity contribution in [3.63, 3.8) is 0 Å². The van der Waals surface area contributed by atoms with Gasteiger partial charge < -0.3 is 9.47 Å². The summed E-state index contributed by atoms with van der Waals surface area (Å²) in [4.78, 5) is 2.53. The average molecular weight is 362 g/mol. The zero-order valence-corrected chi connectivity index (χ0v) is 15.5. The minimum atomic E-state index is 0.409. The van der Waals surface area contributed by atoms with E-state index >= 15 is 0 Å². The third-order valence-electron chi connectivity index (χ3n) is 5.23. The molecule has 6 heteroatoms. The second kappa shape index (κ2) is 8.45. The van der Waals surface area contributed by atoms with Crippen LogP contribution in [0.3, 0.4) is 0 Å². The highest BCUT2D eigenvalue weighted by Gasteiger charge is 2.25. The molecule has 2 aliphatic heterocycles. The maximum absolute atomic E-state index is 6.00. The zero-order valence-electron chi connectivity index (χ0n) is 14.7. The van der Waals surface area contributed by atoms with Crippen molar-refractivity contribution in [1.29, 1.82) is 0 Å². The Hall–Kier alpha value is -1.21. The largest absolute Gasteiger partial charge is 0.381 e. The predicted molar refractivity (Wildman–Crippen MR) is 98.7 cm³/mol. The van der Waals surface area contributed by atoms with Gasteiger partial charge in [-0.2, -0.15) is 16.4 Å². The number of thiophene rings is 1. The van der Waals surface area contributed by atoms with Crippen LogP contribution in [0.5, 0.6) is 0 Å². The molecule has 1 atom stereocenters. The van der Waals surface area contributed by atoms with Crippen molar-refractivity contribution in [1.82, 2.24) is 14.7 Å². The lowest BCUT2D eigenvalue weighted by Gasteiger charge is -2.34. The number of nitrogens with zero attached hydrogens (tertiary/aromatic N) is 3. The summed E-state index contributed by atoms with van der Waals surface area (Å²) in [6.07, 6.45) is 5.24. The molecule has 2 aromatic rings. The quantitative estimate of drug-likeness (QED) is 0.709. The Bertz CT molecular complexity index is 637. The highest BCUT2D eigenvalue weighted by atomic mass is 32.1. The van der Waals surface area contributed by atoms with Crippen LogP contribution in [-0.4, -0.2) is 47.7 Å². The maximum atomic E-state index is 6.00. The van der Waals surface area contributed by atoms with Gasteiger partial charge in [0.05, 0.1) is 11.7 Å². The Morgan fingerprint density at radius 1 is 1.28 bits per heavy atom. The highest BCUT2D eigenvalue weighted by Crippen LogP contribution is 2.25. The first-order valence-electron chi connectivity index (χ1n) is 9.30. The van der Waals surface area contributed by atoms with Crippen molar-refractivity contribution in [2.24, 2.45) is 5.92 Å². The van der Waals surface area contributed by atoms with Crippen molar-refractivity contribution >= 4 is 11.3 Å². The van der Waals surface area contributed by atoms with Crippen LogP contribution >= 0.6 is 11.3 Å². The van der Waals surface area contributed by atoms with Crippen LogP contribution in [-0.2, 0) is 22.6 Å². The van der Waals surface area contributed by atoms with Crippen LogP contribution in [0.4, 0.5) is 0 Å². The highest BCUT2D eigenvalue weighted by molar-refractivity contribution is 7.07. The first kappa shape index (κ1) is 17.2. The Morgan fingerprint density at radius 3 is 3.04 bits per heavy atom. The third kappa shape index (κ3) is 4.50. The molecule has 0 spiro atoms. The molecule has 5 nitrogen and oxygen atoms in total. The Balaban J connectivity index is 1.29. The first-order chi connectivity index (χ1) is 12.4. The second-order valence-corrected chi connectivity index (χ2v) is 7.92. The minimum Gasteiger partial charge on any atom is -0.381 e. The lowest BCUT2D eigenvalue weighted by Crippen LogP contribution is -2.37. The molecule has 25 heavy (non-hydrogen) atoms. The zero-order chi connectivity index (χ0) is 16.9. The van der Waals surface area contributed by atoms with Crippen molar-refractivity contribution in [2.75, 3.05) is 33.0 Å². The topological polar surface area (TPSA) is 39.5 Å².